The Hall–Kier alpha value is -3.42. The Labute approximate surface area is 136 Å². The molecular weight excluding hydrogens is 310 g/mol. The lowest BCUT2D eigenvalue weighted by atomic mass is 10.1. The Bertz CT molecular complexity index is 950. The zero-order chi connectivity index (χ0) is 16.5. The minimum atomic E-state index is -0.258. The first kappa shape index (κ1) is 14.2. The van der Waals surface area contributed by atoms with Crippen molar-refractivity contribution < 1.29 is 14.3 Å². The van der Waals surface area contributed by atoms with Crippen molar-refractivity contribution in [1.29, 1.82) is 0 Å². The molecule has 0 atom stereocenters. The van der Waals surface area contributed by atoms with E-state index in [1.165, 1.54) is 0 Å². The van der Waals surface area contributed by atoms with Crippen LogP contribution in [0.2, 0.25) is 0 Å². The fourth-order valence-corrected chi connectivity index (χ4v) is 2.49. The zero-order valence-corrected chi connectivity index (χ0v) is 12.5. The average Bonchev–Trinajstić information content (AvgIpc) is 3.02. The minimum Gasteiger partial charge on any atom is -0.482 e. The number of aromatic nitrogens is 3. The molecule has 3 aromatic rings. The molecule has 0 bridgehead atoms. The number of nitrogens with zero attached hydrogens (tertiary/aromatic N) is 3. The van der Waals surface area contributed by atoms with Gasteiger partial charge in [-0.15, -0.1) is 10.2 Å². The molecule has 2 N–H and O–H groups in total. The summed E-state index contributed by atoms with van der Waals surface area (Å²) in [6, 6.07) is 10.5. The van der Waals surface area contributed by atoms with Crippen LogP contribution in [0.15, 0.2) is 42.6 Å². The molecule has 24 heavy (non-hydrogen) atoms. The Morgan fingerprint density at radius 1 is 1.29 bits per heavy atom. The van der Waals surface area contributed by atoms with Gasteiger partial charge in [-0.25, -0.2) is 0 Å². The highest BCUT2D eigenvalue weighted by Crippen LogP contribution is 2.28. The van der Waals surface area contributed by atoms with E-state index in [-0.39, 0.29) is 25.0 Å². The molecule has 0 unspecified atom stereocenters. The number of benzene rings is 1. The maximum Gasteiger partial charge on any atom is 0.262 e. The normalized spacial score (nSPS) is 13.1. The summed E-state index contributed by atoms with van der Waals surface area (Å²) in [5.74, 6) is 0.653. The molecule has 0 fully saturated rings. The SMILES string of the molecule is O=C1COc2cc(C(=O)NCc3nnc4ccccn34)ccc2N1. The van der Waals surface area contributed by atoms with Crippen LogP contribution in [0, 0.1) is 0 Å². The molecule has 1 aromatic carbocycles. The van der Waals surface area contributed by atoms with Gasteiger partial charge in [0, 0.05) is 11.8 Å². The van der Waals surface area contributed by atoms with Gasteiger partial charge in [0.1, 0.15) is 5.75 Å². The van der Waals surface area contributed by atoms with Gasteiger partial charge in [0.15, 0.2) is 18.1 Å². The van der Waals surface area contributed by atoms with Crippen molar-refractivity contribution in [2.24, 2.45) is 0 Å². The molecule has 1 aliphatic heterocycles. The lowest BCUT2D eigenvalue weighted by Gasteiger charge is -2.18. The molecule has 8 nitrogen and oxygen atoms in total. The Balaban J connectivity index is 1.49. The largest absolute Gasteiger partial charge is 0.482 e. The first-order valence-electron chi connectivity index (χ1n) is 7.34. The molecule has 0 spiro atoms. The van der Waals surface area contributed by atoms with Crippen LogP contribution in [0.5, 0.6) is 5.75 Å². The maximum absolute atomic E-state index is 12.3. The number of rotatable bonds is 3. The van der Waals surface area contributed by atoms with Crippen LogP contribution in [0.3, 0.4) is 0 Å². The van der Waals surface area contributed by atoms with Crippen molar-refractivity contribution in [1.82, 2.24) is 19.9 Å². The molecule has 2 amide bonds. The molecule has 8 heteroatoms. The summed E-state index contributed by atoms with van der Waals surface area (Å²) in [4.78, 5) is 23.6. The van der Waals surface area contributed by atoms with E-state index in [1.54, 1.807) is 18.2 Å². The topological polar surface area (TPSA) is 97.6 Å². The second-order valence-electron chi connectivity index (χ2n) is 5.28. The van der Waals surface area contributed by atoms with E-state index in [2.05, 4.69) is 20.8 Å². The number of pyridine rings is 1. The van der Waals surface area contributed by atoms with Crippen molar-refractivity contribution in [3.05, 3.63) is 54.0 Å². The quantitative estimate of drug-likeness (QED) is 0.749. The molecule has 120 valence electrons. The Morgan fingerprint density at radius 3 is 3.12 bits per heavy atom. The molecule has 2 aromatic heterocycles. The van der Waals surface area contributed by atoms with E-state index in [0.29, 0.717) is 22.8 Å². The zero-order valence-electron chi connectivity index (χ0n) is 12.5. The average molecular weight is 323 g/mol. The third-order valence-corrected chi connectivity index (χ3v) is 3.67. The lowest BCUT2D eigenvalue weighted by molar-refractivity contribution is -0.118. The van der Waals surface area contributed by atoms with E-state index in [0.717, 1.165) is 5.65 Å². The lowest BCUT2D eigenvalue weighted by Crippen LogP contribution is -2.27. The minimum absolute atomic E-state index is 0.0518. The molecular formula is C16H13N5O3. The van der Waals surface area contributed by atoms with Gasteiger partial charge in [-0.2, -0.15) is 0 Å². The predicted molar refractivity (Wildman–Crippen MR) is 84.7 cm³/mol. The molecule has 0 saturated heterocycles. The summed E-state index contributed by atoms with van der Waals surface area (Å²) in [7, 11) is 0. The second-order valence-corrected chi connectivity index (χ2v) is 5.28. The van der Waals surface area contributed by atoms with Crippen LogP contribution in [0.4, 0.5) is 5.69 Å². The van der Waals surface area contributed by atoms with E-state index in [1.807, 2.05) is 28.8 Å². The van der Waals surface area contributed by atoms with Gasteiger partial charge >= 0.3 is 0 Å². The van der Waals surface area contributed by atoms with E-state index in [4.69, 9.17) is 4.74 Å². The van der Waals surface area contributed by atoms with Crippen molar-refractivity contribution in [3.8, 4) is 5.75 Å². The molecule has 0 aliphatic carbocycles. The summed E-state index contributed by atoms with van der Waals surface area (Å²) in [5.41, 5.74) is 1.73. The van der Waals surface area contributed by atoms with E-state index in [9.17, 15) is 9.59 Å². The Morgan fingerprint density at radius 2 is 2.21 bits per heavy atom. The second kappa shape index (κ2) is 5.65. The number of amides is 2. The number of carbonyl (C=O) groups is 2. The smallest absolute Gasteiger partial charge is 0.262 e. The number of ether oxygens (including phenoxy) is 1. The third kappa shape index (κ3) is 2.54. The van der Waals surface area contributed by atoms with E-state index >= 15 is 0 Å². The number of anilines is 1. The first-order chi connectivity index (χ1) is 11.7. The van der Waals surface area contributed by atoms with Crippen LogP contribution in [0.25, 0.3) is 5.65 Å². The third-order valence-electron chi connectivity index (χ3n) is 3.67. The van der Waals surface area contributed by atoms with Gasteiger partial charge in [-0.1, -0.05) is 6.07 Å². The van der Waals surface area contributed by atoms with Crippen LogP contribution < -0.4 is 15.4 Å². The number of hydrogen-bond acceptors (Lipinski definition) is 5. The van der Waals surface area contributed by atoms with Gasteiger partial charge in [-0.05, 0) is 30.3 Å². The highest BCUT2D eigenvalue weighted by molar-refractivity contribution is 5.98. The van der Waals surface area contributed by atoms with Crippen molar-refractivity contribution in [2.75, 3.05) is 11.9 Å². The molecule has 1 aliphatic rings. The molecule has 0 radical (unpaired) electrons. The fraction of sp³-hybridized carbons (Fsp3) is 0.125. The van der Waals surface area contributed by atoms with Gasteiger partial charge in [-0.3, -0.25) is 14.0 Å². The fourth-order valence-electron chi connectivity index (χ4n) is 2.49. The van der Waals surface area contributed by atoms with Crippen LogP contribution in [0.1, 0.15) is 16.2 Å². The highest BCUT2D eigenvalue weighted by Gasteiger charge is 2.18. The molecule has 4 rings (SSSR count). The molecule has 3 heterocycles. The number of nitrogens with one attached hydrogen (secondary N) is 2. The summed E-state index contributed by atoms with van der Waals surface area (Å²) in [6.45, 7) is 0.197. The number of fused-ring (bicyclic) bond motifs is 2. The van der Waals surface area contributed by atoms with Gasteiger partial charge in [0.25, 0.3) is 11.8 Å². The van der Waals surface area contributed by atoms with Crippen molar-refractivity contribution >= 4 is 23.1 Å². The highest BCUT2D eigenvalue weighted by atomic mass is 16.5. The molecule has 0 saturated carbocycles. The van der Waals surface area contributed by atoms with Crippen LogP contribution >= 0.6 is 0 Å². The maximum atomic E-state index is 12.3. The van der Waals surface area contributed by atoms with Crippen molar-refractivity contribution in [2.45, 2.75) is 6.54 Å². The van der Waals surface area contributed by atoms with Gasteiger partial charge in [0.2, 0.25) is 0 Å². The predicted octanol–water partition coefficient (Wildman–Crippen LogP) is 0.990. The monoisotopic (exact) mass is 323 g/mol. The Kier molecular flexibility index (Phi) is 3.34. The standard InChI is InChI=1S/C16H13N5O3/c22-15-9-24-12-7-10(4-5-11(12)18-15)16(23)17-8-14-20-19-13-3-1-2-6-21(13)14/h1-7H,8-9H2,(H,17,23)(H,18,22). The van der Waals surface area contributed by atoms with Gasteiger partial charge in [0.05, 0.1) is 12.2 Å². The van der Waals surface area contributed by atoms with Crippen LogP contribution in [-0.2, 0) is 11.3 Å². The summed E-state index contributed by atoms with van der Waals surface area (Å²) in [6.07, 6.45) is 1.84. The van der Waals surface area contributed by atoms with Gasteiger partial charge < -0.3 is 15.4 Å². The summed E-state index contributed by atoms with van der Waals surface area (Å²) < 4.78 is 7.13. The number of carbonyl (C=O) groups excluding carboxylic acids is 2. The summed E-state index contributed by atoms with van der Waals surface area (Å²) in [5, 5.41) is 13.6. The van der Waals surface area contributed by atoms with Crippen molar-refractivity contribution in [3.63, 3.8) is 0 Å². The summed E-state index contributed by atoms with van der Waals surface area (Å²) >= 11 is 0. The van der Waals surface area contributed by atoms with Crippen LogP contribution in [-0.4, -0.2) is 33.0 Å². The van der Waals surface area contributed by atoms with E-state index < -0.39 is 0 Å². The number of hydrogen-bond donors (Lipinski definition) is 2. The first-order valence-corrected chi connectivity index (χ1v) is 7.34.